The number of ether oxygens (including phenoxy) is 1. The highest BCUT2D eigenvalue weighted by Gasteiger charge is 2.35. The first kappa shape index (κ1) is 16.8. The van der Waals surface area contributed by atoms with Gasteiger partial charge in [0.15, 0.2) is 0 Å². The van der Waals surface area contributed by atoms with E-state index in [4.69, 9.17) is 4.74 Å². The summed E-state index contributed by atoms with van der Waals surface area (Å²) in [7, 11) is 1.43. The van der Waals surface area contributed by atoms with Crippen LogP contribution in [0.4, 0.5) is 0 Å². The van der Waals surface area contributed by atoms with Crippen LogP contribution in [0.5, 0.6) is 0 Å². The van der Waals surface area contributed by atoms with Gasteiger partial charge < -0.3 is 9.72 Å². The Morgan fingerprint density at radius 1 is 1.20 bits per heavy atom. The van der Waals surface area contributed by atoms with E-state index < -0.39 is 0 Å². The summed E-state index contributed by atoms with van der Waals surface area (Å²) in [6, 6.07) is 13.8. The van der Waals surface area contributed by atoms with Gasteiger partial charge >= 0.3 is 5.97 Å². The lowest BCUT2D eigenvalue weighted by Crippen LogP contribution is -2.45. The molecule has 2 N–H and O–H groups in total. The van der Waals surface area contributed by atoms with Crippen LogP contribution in [0.1, 0.15) is 22.9 Å². The first-order valence-corrected chi connectivity index (χ1v) is 9.55. The fraction of sp³-hybridized carbons (Fsp3) is 0.211. The Bertz CT molecular complexity index is 967. The van der Waals surface area contributed by atoms with Crippen molar-refractivity contribution in [2.75, 3.05) is 7.11 Å². The fourth-order valence-corrected chi connectivity index (χ4v) is 4.79. The fourth-order valence-electron chi connectivity index (χ4n) is 3.51. The van der Waals surface area contributed by atoms with E-state index in [9.17, 15) is 4.79 Å². The maximum Gasteiger partial charge on any atom is 0.323 e. The summed E-state index contributed by atoms with van der Waals surface area (Å²) in [5.41, 5.74) is 4.43. The smallest absolute Gasteiger partial charge is 0.323 e. The summed E-state index contributed by atoms with van der Waals surface area (Å²) in [5, 5.41) is 4.61. The number of halogens is 2. The minimum atomic E-state index is -0.378. The molecule has 2 heterocycles. The summed E-state index contributed by atoms with van der Waals surface area (Å²) >= 11 is 7.15. The molecule has 0 radical (unpaired) electrons. The number of benzene rings is 2. The summed E-state index contributed by atoms with van der Waals surface area (Å²) in [4.78, 5) is 15.8. The van der Waals surface area contributed by atoms with Crippen LogP contribution in [-0.2, 0) is 16.0 Å². The number of aromatic nitrogens is 1. The number of rotatable bonds is 2. The average molecular weight is 464 g/mol. The Hall–Kier alpha value is -1.63. The number of carbonyl (C=O) groups excluding carboxylic acids is 1. The van der Waals surface area contributed by atoms with Gasteiger partial charge in [-0.05, 0) is 29.3 Å². The second-order valence-corrected chi connectivity index (χ2v) is 7.88. The minimum absolute atomic E-state index is 0.122. The molecule has 1 aliphatic rings. The van der Waals surface area contributed by atoms with Crippen molar-refractivity contribution in [2.24, 2.45) is 0 Å². The Morgan fingerprint density at radius 2 is 2.00 bits per heavy atom. The zero-order valence-electron chi connectivity index (χ0n) is 13.5. The molecular weight excluding hydrogens is 448 g/mol. The zero-order valence-corrected chi connectivity index (χ0v) is 16.6. The Morgan fingerprint density at radius 3 is 2.76 bits per heavy atom. The van der Waals surface area contributed by atoms with Crippen molar-refractivity contribution in [3.8, 4) is 0 Å². The maximum atomic E-state index is 12.2. The monoisotopic (exact) mass is 462 g/mol. The lowest BCUT2D eigenvalue weighted by atomic mass is 9.90. The van der Waals surface area contributed by atoms with Crippen molar-refractivity contribution < 1.29 is 9.53 Å². The van der Waals surface area contributed by atoms with Gasteiger partial charge in [-0.25, -0.2) is 0 Å². The van der Waals surface area contributed by atoms with E-state index in [1.807, 2.05) is 24.3 Å². The molecule has 4 nitrogen and oxygen atoms in total. The molecule has 25 heavy (non-hydrogen) atoms. The standard InChI is InChI=1S/C19H16Br2N2O2/c1-25-19(24)16-9-13-11-4-2-3-5-15(11)22-18(13)17(23-16)12-7-6-10(20)8-14(12)21/h2-8,16-17,22-23H,9H2,1H3/t16-,17-/m0/s1. The number of H-pyrrole nitrogens is 1. The molecule has 2 aromatic carbocycles. The summed E-state index contributed by atoms with van der Waals surface area (Å²) < 4.78 is 6.98. The lowest BCUT2D eigenvalue weighted by molar-refractivity contribution is -0.143. The van der Waals surface area contributed by atoms with Crippen LogP contribution in [0.25, 0.3) is 10.9 Å². The van der Waals surface area contributed by atoms with Gasteiger partial charge in [0.1, 0.15) is 6.04 Å². The van der Waals surface area contributed by atoms with Crippen LogP contribution < -0.4 is 5.32 Å². The van der Waals surface area contributed by atoms with Crippen LogP contribution in [0.3, 0.4) is 0 Å². The van der Waals surface area contributed by atoms with Crippen LogP contribution in [0, 0.1) is 0 Å². The molecule has 1 aliphatic heterocycles. The van der Waals surface area contributed by atoms with Crippen molar-refractivity contribution >= 4 is 48.7 Å². The summed E-state index contributed by atoms with van der Waals surface area (Å²) in [6.45, 7) is 0. The number of fused-ring (bicyclic) bond motifs is 3. The van der Waals surface area contributed by atoms with E-state index in [1.54, 1.807) is 0 Å². The van der Waals surface area contributed by atoms with Gasteiger partial charge in [-0.15, -0.1) is 0 Å². The van der Waals surface area contributed by atoms with E-state index in [0.717, 1.165) is 31.1 Å². The number of aromatic amines is 1. The molecule has 0 saturated heterocycles. The highest BCUT2D eigenvalue weighted by atomic mass is 79.9. The van der Waals surface area contributed by atoms with Gasteiger partial charge in [-0.1, -0.05) is 56.1 Å². The Labute approximate surface area is 162 Å². The molecule has 2 atom stereocenters. The molecule has 0 amide bonds. The van der Waals surface area contributed by atoms with E-state index in [-0.39, 0.29) is 18.1 Å². The van der Waals surface area contributed by atoms with Gasteiger partial charge in [-0.3, -0.25) is 10.1 Å². The highest BCUT2D eigenvalue weighted by Crippen LogP contribution is 2.38. The van der Waals surface area contributed by atoms with Crippen molar-refractivity contribution in [2.45, 2.75) is 18.5 Å². The van der Waals surface area contributed by atoms with E-state index in [0.29, 0.717) is 6.42 Å². The van der Waals surface area contributed by atoms with Gasteiger partial charge in [0.25, 0.3) is 0 Å². The molecule has 1 aromatic heterocycles. The number of para-hydroxylation sites is 1. The van der Waals surface area contributed by atoms with Crippen LogP contribution in [-0.4, -0.2) is 24.1 Å². The van der Waals surface area contributed by atoms with Crippen molar-refractivity contribution in [1.29, 1.82) is 0 Å². The zero-order chi connectivity index (χ0) is 17.6. The molecule has 0 fully saturated rings. The summed E-state index contributed by atoms with van der Waals surface area (Å²) in [5.74, 6) is -0.242. The number of methoxy groups -OCH3 is 1. The molecule has 0 aliphatic carbocycles. The first-order chi connectivity index (χ1) is 12.1. The SMILES string of the molecule is COC(=O)[C@@H]1Cc2c([nH]c3ccccc23)[C@H](c2ccc(Br)cc2Br)N1. The number of hydrogen-bond donors (Lipinski definition) is 2. The average Bonchev–Trinajstić information content (AvgIpc) is 2.99. The number of hydrogen-bond acceptors (Lipinski definition) is 3. The molecule has 128 valence electrons. The van der Waals surface area contributed by atoms with Gasteiger partial charge in [0.05, 0.1) is 13.2 Å². The largest absolute Gasteiger partial charge is 0.468 e. The molecule has 0 saturated carbocycles. The topological polar surface area (TPSA) is 54.1 Å². The molecule has 4 rings (SSSR count). The quantitative estimate of drug-likeness (QED) is 0.551. The normalized spacial score (nSPS) is 19.6. The van der Waals surface area contributed by atoms with E-state index in [1.165, 1.54) is 12.7 Å². The summed E-state index contributed by atoms with van der Waals surface area (Å²) in [6.07, 6.45) is 0.608. The highest BCUT2D eigenvalue weighted by molar-refractivity contribution is 9.11. The Kier molecular flexibility index (Phi) is 4.43. The maximum absolute atomic E-state index is 12.2. The number of carbonyl (C=O) groups is 1. The Balaban J connectivity index is 1.90. The van der Waals surface area contributed by atoms with Gasteiger partial charge in [0, 0.05) is 32.0 Å². The third-order valence-electron chi connectivity index (χ3n) is 4.67. The van der Waals surface area contributed by atoms with Crippen molar-refractivity contribution in [1.82, 2.24) is 10.3 Å². The number of esters is 1. The number of nitrogens with one attached hydrogen (secondary N) is 2. The molecule has 0 spiro atoms. The van der Waals surface area contributed by atoms with Gasteiger partial charge in [-0.2, -0.15) is 0 Å². The molecule has 0 bridgehead atoms. The van der Waals surface area contributed by atoms with Gasteiger partial charge in [0.2, 0.25) is 0 Å². The van der Waals surface area contributed by atoms with Crippen LogP contribution >= 0.6 is 31.9 Å². The predicted molar refractivity (Wildman–Crippen MR) is 105 cm³/mol. The second-order valence-electron chi connectivity index (χ2n) is 6.11. The molecular formula is C19H16Br2N2O2. The van der Waals surface area contributed by atoms with Crippen molar-refractivity contribution in [3.05, 3.63) is 68.2 Å². The third-order valence-corrected chi connectivity index (χ3v) is 5.85. The second kappa shape index (κ2) is 6.59. The first-order valence-electron chi connectivity index (χ1n) is 7.97. The molecule has 6 heteroatoms. The third kappa shape index (κ3) is 2.92. The van der Waals surface area contributed by atoms with E-state index >= 15 is 0 Å². The minimum Gasteiger partial charge on any atom is -0.468 e. The molecule has 0 unspecified atom stereocenters. The predicted octanol–water partition coefficient (Wildman–Crippen LogP) is 4.47. The van der Waals surface area contributed by atoms with Crippen LogP contribution in [0.2, 0.25) is 0 Å². The van der Waals surface area contributed by atoms with Crippen molar-refractivity contribution in [3.63, 3.8) is 0 Å². The van der Waals surface area contributed by atoms with E-state index in [2.05, 4.69) is 60.4 Å². The lowest BCUT2D eigenvalue weighted by Gasteiger charge is -2.30. The molecule has 3 aromatic rings. The van der Waals surface area contributed by atoms with Crippen LogP contribution in [0.15, 0.2) is 51.4 Å².